The van der Waals surface area contributed by atoms with Gasteiger partial charge in [0.05, 0.1) is 15.3 Å². The Morgan fingerprint density at radius 3 is 2.29 bits per heavy atom. The van der Waals surface area contributed by atoms with Gasteiger partial charge in [0.1, 0.15) is 11.1 Å². The number of aromatic nitrogens is 3. The molecular formula is C46H43IrN3OS-2. The zero-order chi connectivity index (χ0) is 37.7. The number of aryl methyl sites for hydroxylation is 2. The molecule has 52 heavy (non-hydrogen) atoms. The largest absolute Gasteiger partial charge is 0.498 e. The fourth-order valence-electron chi connectivity index (χ4n) is 6.04. The normalized spacial score (nSPS) is 12.6. The molecule has 8 aromatic rings. The minimum atomic E-state index is -1.51. The Morgan fingerprint density at radius 1 is 0.808 bits per heavy atom. The van der Waals surface area contributed by atoms with E-state index in [9.17, 15) is 0 Å². The number of rotatable bonds is 4. The van der Waals surface area contributed by atoms with Crippen LogP contribution in [-0.4, -0.2) is 15.0 Å². The summed E-state index contributed by atoms with van der Waals surface area (Å²) in [5.41, 5.74) is 10.6. The van der Waals surface area contributed by atoms with Crippen molar-refractivity contribution in [2.45, 2.75) is 67.2 Å². The van der Waals surface area contributed by atoms with Gasteiger partial charge in [0.25, 0.3) is 0 Å². The van der Waals surface area contributed by atoms with Crippen molar-refractivity contribution < 1.29 is 27.3 Å². The summed E-state index contributed by atoms with van der Waals surface area (Å²) in [6.07, 6.45) is 2.09. The van der Waals surface area contributed by atoms with Crippen molar-refractivity contribution in [2.24, 2.45) is 5.41 Å². The number of thiazole rings is 1. The van der Waals surface area contributed by atoms with Gasteiger partial charge in [-0.2, -0.15) is 0 Å². The molecular weight excluding hydrogens is 835 g/mol. The summed E-state index contributed by atoms with van der Waals surface area (Å²) in [6, 6.07) is 37.0. The third-order valence-corrected chi connectivity index (χ3v) is 10.0. The van der Waals surface area contributed by atoms with Crippen LogP contribution in [0, 0.1) is 31.4 Å². The van der Waals surface area contributed by atoms with Crippen LogP contribution in [0.1, 0.15) is 66.0 Å². The monoisotopic (exact) mass is 880 g/mol. The smallest absolute Gasteiger partial charge is 0.148 e. The summed E-state index contributed by atoms with van der Waals surface area (Å²) in [6.45, 7) is 16.4. The summed E-state index contributed by atoms with van der Waals surface area (Å²) in [5.74, 6) is 0. The molecule has 6 heteroatoms. The van der Waals surface area contributed by atoms with Crippen LogP contribution >= 0.6 is 11.3 Å². The molecule has 0 aliphatic heterocycles. The topological polar surface area (TPSA) is 51.8 Å². The van der Waals surface area contributed by atoms with Crippen LogP contribution in [0.5, 0.6) is 0 Å². The van der Waals surface area contributed by atoms with Gasteiger partial charge in [0.15, 0.2) is 0 Å². The Morgan fingerprint density at radius 2 is 1.58 bits per heavy atom. The maximum atomic E-state index is 8.67. The fourth-order valence-corrected chi connectivity index (χ4v) is 7.06. The first-order chi connectivity index (χ1) is 25.1. The Labute approximate surface area is 327 Å². The second-order valence-corrected chi connectivity index (χ2v) is 16.1. The molecule has 0 unspecified atom stereocenters. The predicted molar refractivity (Wildman–Crippen MR) is 214 cm³/mol. The number of fused-ring (bicyclic) bond motifs is 5. The van der Waals surface area contributed by atoms with Gasteiger partial charge < -0.3 is 14.4 Å². The summed E-state index contributed by atoms with van der Waals surface area (Å²) >= 11 is 1.70. The van der Waals surface area contributed by atoms with E-state index in [1.54, 1.807) is 23.6 Å². The van der Waals surface area contributed by atoms with Crippen molar-refractivity contribution in [1.29, 1.82) is 0 Å². The first kappa shape index (κ1) is 34.6. The average Bonchev–Trinajstić information content (AvgIpc) is 3.75. The fraction of sp³-hybridized carbons (Fsp3) is 0.239. The summed E-state index contributed by atoms with van der Waals surface area (Å²) in [5, 5.41) is 3.08. The standard InChI is InChI=1S/C27H27N2OS.C19H16N.Ir/c1-26(2,3)15-16-12-13-28-20(14-16)19-9-7-8-17-18-10-11-21-22(24(18)30-23(17)19)29-25(31-21)27(4,5)6;1-14-8-10-17(11-9-14)19-12-18(15(2)13-20-19)16-6-4-3-5-7-16;/h7-8,10-14H,15H2,1-6H3;3-10,12-13H,1-2H3;/q2*-1;/i15D2;;. The summed E-state index contributed by atoms with van der Waals surface area (Å²) < 4.78 is 24.9. The third kappa shape index (κ3) is 7.95. The minimum absolute atomic E-state index is 0. The van der Waals surface area contributed by atoms with E-state index in [0.29, 0.717) is 16.8 Å². The average molecular weight is 880 g/mol. The molecule has 1 radical (unpaired) electrons. The van der Waals surface area contributed by atoms with E-state index >= 15 is 0 Å². The van der Waals surface area contributed by atoms with Crippen molar-refractivity contribution in [3.05, 3.63) is 137 Å². The Bertz CT molecular complexity index is 2580. The van der Waals surface area contributed by atoms with Crippen LogP contribution in [0.25, 0.3) is 65.8 Å². The quantitative estimate of drug-likeness (QED) is 0.165. The van der Waals surface area contributed by atoms with Gasteiger partial charge >= 0.3 is 0 Å². The van der Waals surface area contributed by atoms with Crippen LogP contribution in [0.2, 0.25) is 0 Å². The third-order valence-electron chi connectivity index (χ3n) is 8.57. The molecule has 0 aliphatic carbocycles. The Hall–Kier alpha value is -4.48. The van der Waals surface area contributed by atoms with Crippen molar-refractivity contribution >= 4 is 43.5 Å². The molecule has 4 heterocycles. The molecule has 8 rings (SSSR count). The van der Waals surface area contributed by atoms with Crippen molar-refractivity contribution in [1.82, 2.24) is 15.0 Å². The van der Waals surface area contributed by atoms with E-state index in [0.717, 1.165) is 48.4 Å². The van der Waals surface area contributed by atoms with Crippen LogP contribution < -0.4 is 0 Å². The van der Waals surface area contributed by atoms with Crippen molar-refractivity contribution in [3.63, 3.8) is 0 Å². The minimum Gasteiger partial charge on any atom is -0.498 e. The van der Waals surface area contributed by atoms with E-state index in [4.69, 9.17) is 12.1 Å². The molecule has 4 aromatic carbocycles. The second-order valence-electron chi connectivity index (χ2n) is 15.1. The number of hydrogen-bond donors (Lipinski definition) is 0. The molecule has 0 fully saturated rings. The van der Waals surface area contributed by atoms with Crippen LogP contribution in [-0.2, 0) is 31.9 Å². The molecule has 0 bridgehead atoms. The van der Waals surface area contributed by atoms with Gasteiger partial charge in [-0.05, 0) is 58.9 Å². The Balaban J connectivity index is 0.000000203. The second kappa shape index (κ2) is 14.9. The van der Waals surface area contributed by atoms with Gasteiger partial charge in [-0.1, -0.05) is 114 Å². The van der Waals surface area contributed by atoms with E-state index in [2.05, 4.69) is 111 Å². The molecule has 0 N–H and O–H groups in total. The van der Waals surface area contributed by atoms with Gasteiger partial charge in [0, 0.05) is 46.0 Å². The van der Waals surface area contributed by atoms with Gasteiger partial charge in [-0.25, -0.2) is 4.98 Å². The molecule has 4 nitrogen and oxygen atoms in total. The van der Waals surface area contributed by atoms with Crippen molar-refractivity contribution in [3.8, 4) is 33.6 Å². The van der Waals surface area contributed by atoms with E-state index in [1.165, 1.54) is 22.3 Å². The first-order valence-corrected chi connectivity index (χ1v) is 18.1. The van der Waals surface area contributed by atoms with Crippen LogP contribution in [0.3, 0.4) is 0 Å². The predicted octanol–water partition coefficient (Wildman–Crippen LogP) is 12.8. The van der Waals surface area contributed by atoms with Gasteiger partial charge in [0.2, 0.25) is 0 Å². The van der Waals surface area contributed by atoms with Gasteiger partial charge in [-0.15, -0.1) is 64.9 Å². The SMILES string of the molecule is Cc1c[c-]c(-c2cc(-c3ccccc3)c(C)cn2)cc1.[2H]C([2H])(c1ccnc(-c2[c-]ccc3c2oc2c3ccc3sc(C(C)(C)C)nc32)c1)C(C)(C)C.[Ir]. The molecule has 265 valence electrons. The molecule has 0 saturated carbocycles. The zero-order valence-corrected chi connectivity index (χ0v) is 34.0. The summed E-state index contributed by atoms with van der Waals surface area (Å²) in [7, 11) is 0. The maximum absolute atomic E-state index is 8.67. The van der Waals surface area contributed by atoms with Gasteiger partial charge in [-0.3, -0.25) is 0 Å². The van der Waals surface area contributed by atoms with E-state index in [1.807, 2.05) is 57.3 Å². The summed E-state index contributed by atoms with van der Waals surface area (Å²) in [4.78, 5) is 14.0. The number of furan rings is 1. The van der Waals surface area contributed by atoms with Crippen LogP contribution in [0.15, 0.2) is 108 Å². The number of hydrogen-bond acceptors (Lipinski definition) is 5. The zero-order valence-electron chi connectivity index (χ0n) is 32.8. The molecule has 0 atom stereocenters. The van der Waals surface area contributed by atoms with E-state index < -0.39 is 11.8 Å². The molecule has 4 aromatic heterocycles. The molecule has 0 spiro atoms. The molecule has 0 saturated heterocycles. The first-order valence-electron chi connectivity index (χ1n) is 18.3. The Kier molecular flexibility index (Phi) is 9.89. The van der Waals surface area contributed by atoms with Crippen LogP contribution in [0.4, 0.5) is 0 Å². The number of pyridine rings is 2. The molecule has 0 aliphatic rings. The van der Waals surface area contributed by atoms with E-state index in [-0.39, 0.29) is 25.5 Å². The maximum Gasteiger partial charge on any atom is 0.148 e. The number of nitrogens with zero attached hydrogens (tertiary/aromatic N) is 3. The van der Waals surface area contributed by atoms with Crippen molar-refractivity contribution in [2.75, 3.05) is 0 Å². The molecule has 0 amide bonds. The number of benzene rings is 4.